The minimum absolute atomic E-state index is 0.126. The second-order valence-electron chi connectivity index (χ2n) is 4.17. The predicted molar refractivity (Wildman–Crippen MR) is 55.5 cm³/mol. The Morgan fingerprint density at radius 3 is 2.86 bits per heavy atom. The summed E-state index contributed by atoms with van der Waals surface area (Å²) < 4.78 is 13.0. The molecule has 1 aliphatic carbocycles. The molecule has 2 heteroatoms. The maximum atomic E-state index is 13.0. The molecule has 76 valence electrons. The molecule has 0 spiro atoms. The summed E-state index contributed by atoms with van der Waals surface area (Å²) in [5.41, 5.74) is 6.77. The third-order valence-corrected chi connectivity index (χ3v) is 3.19. The Morgan fingerprint density at radius 1 is 1.36 bits per heavy atom. The fourth-order valence-corrected chi connectivity index (χ4v) is 2.35. The van der Waals surface area contributed by atoms with Crippen molar-refractivity contribution >= 4 is 0 Å². The fourth-order valence-electron chi connectivity index (χ4n) is 2.35. The standard InChI is InChI=1S/C12H16FN/c13-12-3-1-2-10(7-12)11-5-4-9(6-11)8-14/h1-3,7,9,11H,4-6,8,14H2. The summed E-state index contributed by atoms with van der Waals surface area (Å²) >= 11 is 0. The molecule has 1 aromatic rings. The first kappa shape index (κ1) is 9.66. The first-order valence-corrected chi connectivity index (χ1v) is 5.25. The largest absolute Gasteiger partial charge is 0.330 e. The molecule has 14 heavy (non-hydrogen) atoms. The lowest BCUT2D eigenvalue weighted by Crippen LogP contribution is -2.10. The molecule has 0 aliphatic heterocycles. The average Bonchev–Trinajstić information content (AvgIpc) is 2.66. The highest BCUT2D eigenvalue weighted by Crippen LogP contribution is 2.37. The van der Waals surface area contributed by atoms with Gasteiger partial charge in [-0.3, -0.25) is 0 Å². The van der Waals surface area contributed by atoms with E-state index in [4.69, 9.17) is 5.73 Å². The van der Waals surface area contributed by atoms with E-state index in [1.165, 1.54) is 12.5 Å². The highest BCUT2D eigenvalue weighted by atomic mass is 19.1. The van der Waals surface area contributed by atoms with Gasteiger partial charge in [-0.2, -0.15) is 0 Å². The van der Waals surface area contributed by atoms with Crippen LogP contribution in [0.3, 0.4) is 0 Å². The smallest absolute Gasteiger partial charge is 0.123 e. The van der Waals surface area contributed by atoms with E-state index in [0.29, 0.717) is 11.8 Å². The molecule has 0 bridgehead atoms. The van der Waals surface area contributed by atoms with Crippen molar-refractivity contribution in [3.8, 4) is 0 Å². The van der Waals surface area contributed by atoms with E-state index >= 15 is 0 Å². The highest BCUT2D eigenvalue weighted by molar-refractivity contribution is 5.21. The molecule has 0 amide bonds. The maximum absolute atomic E-state index is 13.0. The number of halogens is 1. The molecule has 0 saturated heterocycles. The van der Waals surface area contributed by atoms with Crippen LogP contribution in [0.15, 0.2) is 24.3 Å². The van der Waals surface area contributed by atoms with Gasteiger partial charge in [0.25, 0.3) is 0 Å². The van der Waals surface area contributed by atoms with Crippen molar-refractivity contribution in [2.75, 3.05) is 6.54 Å². The van der Waals surface area contributed by atoms with Gasteiger partial charge in [0.1, 0.15) is 5.82 Å². The predicted octanol–water partition coefficient (Wildman–Crippen LogP) is 2.67. The number of nitrogens with two attached hydrogens (primary N) is 1. The van der Waals surface area contributed by atoms with E-state index in [1.54, 1.807) is 12.1 Å². The van der Waals surface area contributed by atoms with Crippen LogP contribution in [0.5, 0.6) is 0 Å². The molecule has 2 N–H and O–H groups in total. The molecule has 2 atom stereocenters. The van der Waals surface area contributed by atoms with Crippen molar-refractivity contribution in [2.45, 2.75) is 25.2 Å². The van der Waals surface area contributed by atoms with E-state index in [0.717, 1.165) is 24.9 Å². The van der Waals surface area contributed by atoms with Crippen molar-refractivity contribution in [2.24, 2.45) is 11.7 Å². The third-order valence-electron chi connectivity index (χ3n) is 3.19. The normalized spacial score (nSPS) is 26.7. The molecule has 1 saturated carbocycles. The van der Waals surface area contributed by atoms with Crippen LogP contribution in [0.4, 0.5) is 4.39 Å². The second-order valence-corrected chi connectivity index (χ2v) is 4.17. The van der Waals surface area contributed by atoms with Crippen LogP contribution in [0, 0.1) is 11.7 Å². The Kier molecular flexibility index (Phi) is 2.82. The van der Waals surface area contributed by atoms with Crippen molar-refractivity contribution in [3.63, 3.8) is 0 Å². The van der Waals surface area contributed by atoms with Crippen LogP contribution >= 0.6 is 0 Å². The lowest BCUT2D eigenvalue weighted by atomic mass is 9.96. The minimum Gasteiger partial charge on any atom is -0.330 e. The molecule has 2 unspecified atom stereocenters. The number of hydrogen-bond acceptors (Lipinski definition) is 1. The lowest BCUT2D eigenvalue weighted by Gasteiger charge is -2.10. The number of hydrogen-bond donors (Lipinski definition) is 1. The SMILES string of the molecule is NCC1CCC(c2cccc(F)c2)C1. The van der Waals surface area contributed by atoms with Gasteiger partial charge in [-0.15, -0.1) is 0 Å². The Bertz CT molecular complexity index is 311. The molecule has 0 aromatic heterocycles. The van der Waals surface area contributed by atoms with Crippen molar-refractivity contribution in [3.05, 3.63) is 35.6 Å². The van der Waals surface area contributed by atoms with Gasteiger partial charge in [-0.05, 0) is 55.3 Å². The summed E-state index contributed by atoms with van der Waals surface area (Å²) in [6, 6.07) is 6.97. The average molecular weight is 193 g/mol. The van der Waals surface area contributed by atoms with Crippen LogP contribution in [0.1, 0.15) is 30.7 Å². The van der Waals surface area contributed by atoms with Gasteiger partial charge >= 0.3 is 0 Å². The Morgan fingerprint density at radius 2 is 2.21 bits per heavy atom. The number of benzene rings is 1. The van der Waals surface area contributed by atoms with Crippen LogP contribution in [-0.2, 0) is 0 Å². The quantitative estimate of drug-likeness (QED) is 0.767. The maximum Gasteiger partial charge on any atom is 0.123 e. The summed E-state index contributed by atoms with van der Waals surface area (Å²) in [6.45, 7) is 0.770. The van der Waals surface area contributed by atoms with Gasteiger partial charge in [0.2, 0.25) is 0 Å². The third kappa shape index (κ3) is 1.95. The van der Waals surface area contributed by atoms with E-state index in [-0.39, 0.29) is 5.82 Å². The Labute approximate surface area is 84.1 Å². The summed E-state index contributed by atoms with van der Waals surface area (Å²) in [5.74, 6) is 1.04. The van der Waals surface area contributed by atoms with Crippen molar-refractivity contribution < 1.29 is 4.39 Å². The zero-order valence-corrected chi connectivity index (χ0v) is 8.25. The van der Waals surface area contributed by atoms with Gasteiger partial charge < -0.3 is 5.73 Å². The van der Waals surface area contributed by atoms with Crippen molar-refractivity contribution in [1.29, 1.82) is 0 Å². The topological polar surface area (TPSA) is 26.0 Å². The molecule has 2 rings (SSSR count). The molecular formula is C12H16FN. The molecule has 1 aliphatic rings. The summed E-state index contributed by atoms with van der Waals surface area (Å²) in [5, 5.41) is 0. The zero-order valence-electron chi connectivity index (χ0n) is 8.25. The Hall–Kier alpha value is -0.890. The first-order chi connectivity index (χ1) is 6.79. The molecule has 1 nitrogen and oxygen atoms in total. The fraction of sp³-hybridized carbons (Fsp3) is 0.500. The highest BCUT2D eigenvalue weighted by Gasteiger charge is 2.24. The molecular weight excluding hydrogens is 177 g/mol. The van der Waals surface area contributed by atoms with E-state index in [9.17, 15) is 4.39 Å². The lowest BCUT2D eigenvalue weighted by molar-refractivity contribution is 0.550. The summed E-state index contributed by atoms with van der Waals surface area (Å²) in [6.07, 6.45) is 3.48. The van der Waals surface area contributed by atoms with Gasteiger partial charge in [-0.25, -0.2) is 4.39 Å². The summed E-state index contributed by atoms with van der Waals surface area (Å²) in [4.78, 5) is 0. The second kappa shape index (κ2) is 4.09. The van der Waals surface area contributed by atoms with Gasteiger partial charge in [0, 0.05) is 0 Å². The summed E-state index contributed by atoms with van der Waals surface area (Å²) in [7, 11) is 0. The van der Waals surface area contributed by atoms with Gasteiger partial charge in [-0.1, -0.05) is 12.1 Å². The van der Waals surface area contributed by atoms with Gasteiger partial charge in [0.15, 0.2) is 0 Å². The van der Waals surface area contributed by atoms with Crippen molar-refractivity contribution in [1.82, 2.24) is 0 Å². The monoisotopic (exact) mass is 193 g/mol. The van der Waals surface area contributed by atoms with Crippen LogP contribution in [-0.4, -0.2) is 6.54 Å². The van der Waals surface area contributed by atoms with E-state index in [2.05, 4.69) is 0 Å². The first-order valence-electron chi connectivity index (χ1n) is 5.25. The Balaban J connectivity index is 2.09. The molecule has 0 radical (unpaired) electrons. The van der Waals surface area contributed by atoms with E-state index in [1.807, 2.05) is 6.07 Å². The minimum atomic E-state index is -0.126. The van der Waals surface area contributed by atoms with Crippen LogP contribution in [0.2, 0.25) is 0 Å². The molecule has 1 aromatic carbocycles. The van der Waals surface area contributed by atoms with Gasteiger partial charge in [0.05, 0.1) is 0 Å². The van der Waals surface area contributed by atoms with Crippen LogP contribution in [0.25, 0.3) is 0 Å². The van der Waals surface area contributed by atoms with Crippen LogP contribution < -0.4 is 5.73 Å². The van der Waals surface area contributed by atoms with E-state index < -0.39 is 0 Å². The molecule has 1 fully saturated rings. The zero-order chi connectivity index (χ0) is 9.97. The number of rotatable bonds is 2. The molecule has 0 heterocycles.